The van der Waals surface area contributed by atoms with Crippen LogP contribution in [0.3, 0.4) is 0 Å². The van der Waals surface area contributed by atoms with Gasteiger partial charge in [0.05, 0.1) is 12.7 Å². The van der Waals surface area contributed by atoms with E-state index < -0.39 is 18.4 Å². The number of carboxylic acid groups (broad SMARTS) is 1. The fraction of sp³-hybridized carbons (Fsp3) is 0.190. The van der Waals surface area contributed by atoms with Crippen LogP contribution in [0.1, 0.15) is 27.0 Å². The SMILES string of the molecule is COc1c(C)cc(C(=O)NNCC(=O)O)c2cc(Cc3ccc(F)cc3)cnc12. The molecule has 3 rings (SSSR count). The van der Waals surface area contributed by atoms with Gasteiger partial charge in [0, 0.05) is 11.6 Å². The van der Waals surface area contributed by atoms with Gasteiger partial charge in [-0.2, -0.15) is 0 Å². The molecule has 150 valence electrons. The Morgan fingerprint density at radius 1 is 1.17 bits per heavy atom. The van der Waals surface area contributed by atoms with Crippen LogP contribution in [0, 0.1) is 12.7 Å². The van der Waals surface area contributed by atoms with Crippen LogP contribution < -0.4 is 15.6 Å². The van der Waals surface area contributed by atoms with Crippen LogP contribution in [-0.2, 0) is 11.2 Å². The predicted molar refractivity (Wildman–Crippen MR) is 105 cm³/mol. The molecule has 29 heavy (non-hydrogen) atoms. The predicted octanol–water partition coefficient (Wildman–Crippen LogP) is 2.60. The van der Waals surface area contributed by atoms with Crippen LogP contribution in [-0.4, -0.2) is 35.6 Å². The number of rotatable bonds is 7. The minimum atomic E-state index is -1.09. The number of pyridine rings is 1. The number of carbonyl (C=O) groups excluding carboxylic acids is 1. The maximum absolute atomic E-state index is 13.1. The molecule has 0 aliphatic carbocycles. The van der Waals surface area contributed by atoms with Gasteiger partial charge in [0.15, 0.2) is 0 Å². The van der Waals surface area contributed by atoms with Gasteiger partial charge in [0.25, 0.3) is 5.91 Å². The summed E-state index contributed by atoms with van der Waals surface area (Å²) in [6.45, 7) is 1.39. The number of fused-ring (bicyclic) bond motifs is 1. The minimum Gasteiger partial charge on any atom is -0.494 e. The van der Waals surface area contributed by atoms with Crippen molar-refractivity contribution in [2.45, 2.75) is 13.3 Å². The number of hydrogen-bond donors (Lipinski definition) is 3. The molecule has 0 spiro atoms. The zero-order valence-electron chi connectivity index (χ0n) is 16.0. The lowest BCUT2D eigenvalue weighted by molar-refractivity contribution is -0.136. The molecule has 0 fully saturated rings. The summed E-state index contributed by atoms with van der Waals surface area (Å²) >= 11 is 0. The number of amides is 1. The molecule has 7 nitrogen and oxygen atoms in total. The van der Waals surface area contributed by atoms with Crippen LogP contribution in [0.5, 0.6) is 5.75 Å². The third-order valence-corrected chi connectivity index (χ3v) is 4.38. The fourth-order valence-electron chi connectivity index (χ4n) is 3.09. The quantitative estimate of drug-likeness (QED) is 0.530. The highest BCUT2D eigenvalue weighted by molar-refractivity contribution is 6.08. The van der Waals surface area contributed by atoms with Gasteiger partial charge in [-0.25, -0.2) is 9.82 Å². The molecule has 3 N–H and O–H groups in total. The van der Waals surface area contributed by atoms with Crippen molar-refractivity contribution >= 4 is 22.8 Å². The molecular weight excluding hydrogens is 377 g/mol. The summed E-state index contributed by atoms with van der Waals surface area (Å²) in [4.78, 5) is 27.7. The minimum absolute atomic E-state index is 0.307. The summed E-state index contributed by atoms with van der Waals surface area (Å²) in [6, 6.07) is 9.67. The first-order chi connectivity index (χ1) is 13.9. The summed E-state index contributed by atoms with van der Waals surface area (Å²) < 4.78 is 18.6. The monoisotopic (exact) mass is 397 g/mol. The normalized spacial score (nSPS) is 10.7. The second-order valence-electron chi connectivity index (χ2n) is 6.52. The van der Waals surface area contributed by atoms with Crippen LogP contribution in [0.15, 0.2) is 42.6 Å². The molecule has 0 saturated carbocycles. The molecule has 0 unspecified atom stereocenters. The van der Waals surface area contributed by atoms with Crippen LogP contribution in [0.2, 0.25) is 0 Å². The van der Waals surface area contributed by atoms with Crippen molar-refractivity contribution in [3.63, 3.8) is 0 Å². The van der Waals surface area contributed by atoms with E-state index in [1.807, 2.05) is 6.07 Å². The lowest BCUT2D eigenvalue weighted by Crippen LogP contribution is -2.40. The summed E-state index contributed by atoms with van der Waals surface area (Å²) in [6.07, 6.45) is 2.20. The number of aromatic nitrogens is 1. The highest BCUT2D eigenvalue weighted by Gasteiger charge is 2.17. The Kier molecular flexibility index (Phi) is 6.04. The van der Waals surface area contributed by atoms with E-state index in [-0.39, 0.29) is 5.82 Å². The highest BCUT2D eigenvalue weighted by atomic mass is 19.1. The Bertz CT molecular complexity index is 1070. The summed E-state index contributed by atoms with van der Waals surface area (Å²) in [5.74, 6) is -1.33. The molecule has 0 saturated heterocycles. The van der Waals surface area contributed by atoms with E-state index in [1.54, 1.807) is 31.3 Å². The van der Waals surface area contributed by atoms with Crippen molar-refractivity contribution in [3.8, 4) is 5.75 Å². The van der Waals surface area contributed by atoms with Gasteiger partial charge in [-0.3, -0.25) is 20.0 Å². The molecule has 0 radical (unpaired) electrons. The third-order valence-electron chi connectivity index (χ3n) is 4.38. The standard InChI is InChI=1S/C21H20FN3O4/c1-12-7-17(21(28)25-24-11-18(26)27)16-9-14(10-23-19(16)20(12)29-2)8-13-3-5-15(22)6-4-13/h3-7,9-10,24H,8,11H2,1-2H3,(H,25,28)(H,26,27). The van der Waals surface area contributed by atoms with Crippen molar-refractivity contribution in [1.29, 1.82) is 0 Å². The lowest BCUT2D eigenvalue weighted by Gasteiger charge is -2.14. The van der Waals surface area contributed by atoms with Crippen molar-refractivity contribution in [2.75, 3.05) is 13.7 Å². The zero-order chi connectivity index (χ0) is 21.0. The van der Waals surface area contributed by atoms with Crippen molar-refractivity contribution in [1.82, 2.24) is 15.8 Å². The van der Waals surface area contributed by atoms with Gasteiger partial charge >= 0.3 is 5.97 Å². The Morgan fingerprint density at radius 3 is 2.55 bits per heavy atom. The average molecular weight is 397 g/mol. The number of hydrazine groups is 1. The molecule has 8 heteroatoms. The fourth-order valence-corrected chi connectivity index (χ4v) is 3.09. The van der Waals surface area contributed by atoms with Gasteiger partial charge in [-0.1, -0.05) is 12.1 Å². The summed E-state index contributed by atoms with van der Waals surface area (Å²) in [5, 5.41) is 9.28. The average Bonchev–Trinajstić information content (AvgIpc) is 2.69. The molecule has 0 atom stereocenters. The number of hydrogen-bond acceptors (Lipinski definition) is 5. The van der Waals surface area contributed by atoms with Crippen molar-refractivity contribution in [2.24, 2.45) is 0 Å². The van der Waals surface area contributed by atoms with Gasteiger partial charge < -0.3 is 9.84 Å². The van der Waals surface area contributed by atoms with Crippen molar-refractivity contribution in [3.05, 3.63) is 70.7 Å². The van der Waals surface area contributed by atoms with E-state index in [1.165, 1.54) is 19.2 Å². The number of halogens is 1. The number of benzene rings is 2. The van der Waals surface area contributed by atoms with E-state index in [0.29, 0.717) is 28.6 Å². The first-order valence-corrected chi connectivity index (χ1v) is 8.84. The summed E-state index contributed by atoms with van der Waals surface area (Å²) in [7, 11) is 1.53. The van der Waals surface area contributed by atoms with Crippen LogP contribution in [0.4, 0.5) is 4.39 Å². The summed E-state index contributed by atoms with van der Waals surface area (Å²) in [5.41, 5.74) is 8.08. The first-order valence-electron chi connectivity index (χ1n) is 8.84. The van der Waals surface area contributed by atoms with Gasteiger partial charge in [0.1, 0.15) is 23.6 Å². The second-order valence-corrected chi connectivity index (χ2v) is 6.52. The van der Waals surface area contributed by atoms with Crippen LogP contribution >= 0.6 is 0 Å². The Labute approximate surface area is 166 Å². The lowest BCUT2D eigenvalue weighted by atomic mass is 9.99. The Morgan fingerprint density at radius 2 is 1.90 bits per heavy atom. The number of carboxylic acids is 1. The Balaban J connectivity index is 2.00. The smallest absolute Gasteiger partial charge is 0.319 e. The maximum atomic E-state index is 13.1. The molecule has 0 aliphatic rings. The van der Waals surface area contributed by atoms with E-state index in [0.717, 1.165) is 16.7 Å². The van der Waals surface area contributed by atoms with Crippen molar-refractivity contribution < 1.29 is 23.8 Å². The Hall–Kier alpha value is -3.52. The van der Waals surface area contributed by atoms with Gasteiger partial charge in [0.2, 0.25) is 0 Å². The number of ether oxygens (including phenoxy) is 1. The van der Waals surface area contributed by atoms with Crippen LogP contribution in [0.25, 0.3) is 10.9 Å². The number of carbonyl (C=O) groups is 2. The van der Waals surface area contributed by atoms with E-state index in [4.69, 9.17) is 9.84 Å². The number of aliphatic carboxylic acids is 1. The topological polar surface area (TPSA) is 101 Å². The second kappa shape index (κ2) is 8.66. The van der Waals surface area contributed by atoms with E-state index in [2.05, 4.69) is 15.8 Å². The molecule has 1 aromatic heterocycles. The van der Waals surface area contributed by atoms with Gasteiger partial charge in [-0.05, 0) is 54.3 Å². The molecule has 0 bridgehead atoms. The third kappa shape index (κ3) is 4.67. The largest absolute Gasteiger partial charge is 0.494 e. The maximum Gasteiger partial charge on any atom is 0.319 e. The number of methoxy groups -OCH3 is 1. The number of nitrogens with one attached hydrogen (secondary N) is 2. The first kappa shape index (κ1) is 20.2. The molecular formula is C21H20FN3O4. The highest BCUT2D eigenvalue weighted by Crippen LogP contribution is 2.31. The number of nitrogens with zero attached hydrogens (tertiary/aromatic N) is 1. The number of aryl methyl sites for hydroxylation is 1. The van der Waals surface area contributed by atoms with Gasteiger partial charge in [-0.15, -0.1) is 0 Å². The molecule has 1 amide bonds. The molecule has 1 heterocycles. The molecule has 3 aromatic rings. The zero-order valence-corrected chi connectivity index (χ0v) is 16.0. The van der Waals surface area contributed by atoms with E-state index in [9.17, 15) is 14.0 Å². The molecule has 0 aliphatic heterocycles. The van der Waals surface area contributed by atoms with E-state index >= 15 is 0 Å². The molecule has 2 aromatic carbocycles.